The van der Waals surface area contributed by atoms with Crippen molar-refractivity contribution >= 4 is 40.1 Å². The minimum atomic E-state index is -2.72. The van der Waals surface area contributed by atoms with Gasteiger partial charge in [-0.25, -0.2) is 13.8 Å². The molecule has 0 fully saturated rings. The smallest absolute Gasteiger partial charge is 0.280 e. The standard InChI is InChI=1S/C7H4ClF2IN2O/c8-2-1-3(5(9)10)13-6(11)4(2)7(12)14/h1,5H,(H2,12,14). The van der Waals surface area contributed by atoms with Gasteiger partial charge in [-0.3, -0.25) is 4.79 Å². The second-order valence-corrected chi connectivity index (χ2v) is 3.79. The van der Waals surface area contributed by atoms with E-state index in [0.717, 1.165) is 6.07 Å². The van der Waals surface area contributed by atoms with Crippen molar-refractivity contribution in [2.24, 2.45) is 5.73 Å². The second-order valence-electron chi connectivity index (χ2n) is 2.36. The third-order valence-corrected chi connectivity index (χ3v) is 2.50. The number of amides is 1. The summed E-state index contributed by atoms with van der Waals surface area (Å²) in [5.74, 6) is -0.785. The molecule has 0 aliphatic rings. The van der Waals surface area contributed by atoms with Crippen molar-refractivity contribution in [1.29, 1.82) is 0 Å². The van der Waals surface area contributed by atoms with Crippen molar-refractivity contribution in [3.8, 4) is 0 Å². The van der Waals surface area contributed by atoms with E-state index in [1.807, 2.05) is 0 Å². The maximum Gasteiger partial charge on any atom is 0.280 e. The van der Waals surface area contributed by atoms with Gasteiger partial charge in [-0.2, -0.15) is 0 Å². The zero-order valence-electron chi connectivity index (χ0n) is 6.60. The van der Waals surface area contributed by atoms with Gasteiger partial charge in [-0.05, 0) is 28.7 Å². The molecule has 76 valence electrons. The first kappa shape index (κ1) is 11.6. The highest BCUT2D eigenvalue weighted by Gasteiger charge is 2.18. The van der Waals surface area contributed by atoms with Crippen LogP contribution in [0.3, 0.4) is 0 Å². The van der Waals surface area contributed by atoms with Crippen LogP contribution in [0.25, 0.3) is 0 Å². The molecular weight excluding hydrogens is 328 g/mol. The van der Waals surface area contributed by atoms with Gasteiger partial charge >= 0.3 is 0 Å². The molecule has 2 N–H and O–H groups in total. The molecule has 1 rings (SSSR count). The number of hydrogen-bond acceptors (Lipinski definition) is 2. The van der Waals surface area contributed by atoms with Crippen LogP contribution in [0.1, 0.15) is 22.5 Å². The van der Waals surface area contributed by atoms with Crippen LogP contribution in [0.5, 0.6) is 0 Å². The molecule has 1 aromatic rings. The first-order chi connectivity index (χ1) is 6.43. The molecule has 0 aliphatic carbocycles. The predicted molar refractivity (Wildman–Crippen MR) is 55.4 cm³/mol. The summed E-state index contributed by atoms with van der Waals surface area (Å²) in [6.45, 7) is 0. The molecule has 0 saturated carbocycles. The summed E-state index contributed by atoms with van der Waals surface area (Å²) >= 11 is 7.23. The van der Waals surface area contributed by atoms with Crippen LogP contribution in [0.15, 0.2) is 6.07 Å². The van der Waals surface area contributed by atoms with E-state index in [2.05, 4.69) is 4.98 Å². The zero-order chi connectivity index (χ0) is 10.9. The van der Waals surface area contributed by atoms with Crippen molar-refractivity contribution in [3.05, 3.63) is 26.0 Å². The molecule has 14 heavy (non-hydrogen) atoms. The van der Waals surface area contributed by atoms with Crippen molar-refractivity contribution in [2.45, 2.75) is 6.43 Å². The number of aromatic nitrogens is 1. The molecule has 0 spiro atoms. The molecule has 0 unspecified atom stereocenters. The fraction of sp³-hybridized carbons (Fsp3) is 0.143. The maximum absolute atomic E-state index is 12.2. The number of pyridine rings is 1. The number of halogens is 4. The summed E-state index contributed by atoms with van der Waals surface area (Å²) in [5, 5.41) is -0.104. The van der Waals surface area contributed by atoms with Gasteiger partial charge in [-0.1, -0.05) is 11.6 Å². The van der Waals surface area contributed by atoms with E-state index in [-0.39, 0.29) is 14.3 Å². The van der Waals surface area contributed by atoms with E-state index in [0.29, 0.717) is 0 Å². The van der Waals surface area contributed by atoms with Crippen molar-refractivity contribution < 1.29 is 13.6 Å². The summed E-state index contributed by atoms with van der Waals surface area (Å²) in [5.41, 5.74) is 4.49. The van der Waals surface area contributed by atoms with Crippen molar-refractivity contribution in [3.63, 3.8) is 0 Å². The van der Waals surface area contributed by atoms with Gasteiger partial charge in [0.1, 0.15) is 9.39 Å². The summed E-state index contributed by atoms with van der Waals surface area (Å²) in [6.07, 6.45) is -2.72. The Morgan fingerprint density at radius 2 is 2.21 bits per heavy atom. The van der Waals surface area contributed by atoms with E-state index in [4.69, 9.17) is 17.3 Å². The molecule has 1 aromatic heterocycles. The molecule has 0 bridgehead atoms. The molecular formula is C7H4ClF2IN2O. The Bertz CT molecular complexity index is 363. The molecule has 1 amide bonds. The van der Waals surface area contributed by atoms with Gasteiger partial charge < -0.3 is 5.73 Å². The van der Waals surface area contributed by atoms with Crippen molar-refractivity contribution in [1.82, 2.24) is 4.98 Å². The lowest BCUT2D eigenvalue weighted by Crippen LogP contribution is -2.15. The normalized spacial score (nSPS) is 10.6. The highest BCUT2D eigenvalue weighted by molar-refractivity contribution is 14.1. The van der Waals surface area contributed by atoms with E-state index < -0.39 is 18.0 Å². The van der Waals surface area contributed by atoms with Crippen LogP contribution in [0.2, 0.25) is 5.02 Å². The number of nitrogens with zero attached hydrogens (tertiary/aromatic N) is 1. The summed E-state index contributed by atoms with van der Waals surface area (Å²) < 4.78 is 24.5. The third-order valence-electron chi connectivity index (χ3n) is 1.42. The Morgan fingerprint density at radius 1 is 1.64 bits per heavy atom. The molecule has 0 radical (unpaired) electrons. The number of primary amides is 1. The minimum Gasteiger partial charge on any atom is -0.365 e. The first-order valence-corrected chi connectivity index (χ1v) is 4.83. The third kappa shape index (κ3) is 2.30. The Hall–Kier alpha value is -0.500. The number of nitrogens with two attached hydrogens (primary N) is 1. The number of hydrogen-bond donors (Lipinski definition) is 1. The molecule has 0 aliphatic heterocycles. The van der Waals surface area contributed by atoms with Crippen molar-refractivity contribution in [2.75, 3.05) is 0 Å². The topological polar surface area (TPSA) is 56.0 Å². The SMILES string of the molecule is NC(=O)c1c(Cl)cc(C(F)F)nc1I. The van der Waals surface area contributed by atoms with Crippen LogP contribution in [-0.4, -0.2) is 10.9 Å². The fourth-order valence-corrected chi connectivity index (χ4v) is 2.12. The number of carbonyl (C=O) groups is 1. The second kappa shape index (κ2) is 4.35. The Labute approximate surface area is 96.8 Å². The molecule has 0 atom stereocenters. The first-order valence-electron chi connectivity index (χ1n) is 3.37. The predicted octanol–water partition coefficient (Wildman–Crippen LogP) is 2.38. The Kier molecular flexibility index (Phi) is 3.59. The van der Waals surface area contributed by atoms with Gasteiger partial charge in [0.25, 0.3) is 12.3 Å². The molecule has 7 heteroatoms. The average Bonchev–Trinajstić information content (AvgIpc) is 2.01. The lowest BCUT2D eigenvalue weighted by atomic mass is 10.2. The van der Waals surface area contributed by atoms with Crippen LogP contribution in [0, 0.1) is 3.70 Å². The average molecular weight is 332 g/mol. The van der Waals surface area contributed by atoms with Crippen LogP contribution >= 0.6 is 34.2 Å². The van der Waals surface area contributed by atoms with Gasteiger partial charge in [0.05, 0.1) is 10.6 Å². The van der Waals surface area contributed by atoms with Gasteiger partial charge in [0.2, 0.25) is 0 Å². The quantitative estimate of drug-likeness (QED) is 0.668. The highest BCUT2D eigenvalue weighted by Crippen LogP contribution is 2.25. The Morgan fingerprint density at radius 3 is 2.57 bits per heavy atom. The number of rotatable bonds is 2. The molecule has 1 heterocycles. The largest absolute Gasteiger partial charge is 0.365 e. The zero-order valence-corrected chi connectivity index (χ0v) is 9.51. The molecule has 0 saturated heterocycles. The summed E-state index contributed by atoms with van der Waals surface area (Å²) in [6, 6.07) is 0.939. The number of carbonyl (C=O) groups excluding carboxylic acids is 1. The lowest BCUT2D eigenvalue weighted by Gasteiger charge is -2.05. The van der Waals surface area contributed by atoms with Gasteiger partial charge in [0, 0.05) is 0 Å². The minimum absolute atomic E-state index is 0.0309. The monoisotopic (exact) mass is 332 g/mol. The Balaban J connectivity index is 3.32. The van der Waals surface area contributed by atoms with E-state index in [1.54, 1.807) is 22.6 Å². The highest BCUT2D eigenvalue weighted by atomic mass is 127. The summed E-state index contributed by atoms with van der Waals surface area (Å²) in [7, 11) is 0. The molecule has 0 aromatic carbocycles. The van der Waals surface area contributed by atoms with Gasteiger partial charge in [0.15, 0.2) is 0 Å². The van der Waals surface area contributed by atoms with Gasteiger partial charge in [-0.15, -0.1) is 0 Å². The van der Waals surface area contributed by atoms with E-state index in [1.165, 1.54) is 0 Å². The maximum atomic E-state index is 12.2. The van der Waals surface area contributed by atoms with Crippen LogP contribution in [-0.2, 0) is 0 Å². The van der Waals surface area contributed by atoms with Crippen LogP contribution < -0.4 is 5.73 Å². The van der Waals surface area contributed by atoms with E-state index in [9.17, 15) is 13.6 Å². The lowest BCUT2D eigenvalue weighted by molar-refractivity contribution is 0.0998. The van der Waals surface area contributed by atoms with E-state index >= 15 is 0 Å². The number of alkyl halides is 2. The van der Waals surface area contributed by atoms with Crippen LogP contribution in [0.4, 0.5) is 8.78 Å². The molecule has 3 nitrogen and oxygen atoms in total. The fourth-order valence-electron chi connectivity index (χ4n) is 0.833. The summed E-state index contributed by atoms with van der Waals surface area (Å²) in [4.78, 5) is 14.3.